The van der Waals surface area contributed by atoms with Crippen molar-refractivity contribution in [3.8, 4) is 0 Å². The fourth-order valence-corrected chi connectivity index (χ4v) is 4.03. The standard InChI is InChI=1S/C20H25ClN4O2S.HI/c1-22-20(23-13-15-6-8-19(9-7-15)28(2,26)27)24-17-10-11-25(14-17)18-5-3-4-16(21)12-18;/h3-9,12,17H,10-11,13-14H2,1-2H3,(H2,22,23,24);1H. The Hall–Kier alpha value is -1.52. The molecular formula is C20H26ClIN4O2S. The molecule has 1 atom stereocenters. The van der Waals surface area contributed by atoms with Crippen LogP contribution in [0.3, 0.4) is 0 Å². The molecule has 0 radical (unpaired) electrons. The summed E-state index contributed by atoms with van der Waals surface area (Å²) in [6.07, 6.45) is 2.22. The first-order valence-corrected chi connectivity index (χ1v) is 11.4. The highest BCUT2D eigenvalue weighted by atomic mass is 127. The lowest BCUT2D eigenvalue weighted by Gasteiger charge is -2.20. The molecular weight excluding hydrogens is 523 g/mol. The predicted octanol–water partition coefficient (Wildman–Crippen LogP) is 3.31. The van der Waals surface area contributed by atoms with E-state index >= 15 is 0 Å². The van der Waals surface area contributed by atoms with Gasteiger partial charge in [-0.05, 0) is 42.3 Å². The average Bonchev–Trinajstić information content (AvgIpc) is 3.13. The molecule has 0 saturated carbocycles. The minimum Gasteiger partial charge on any atom is -0.369 e. The summed E-state index contributed by atoms with van der Waals surface area (Å²) in [6.45, 7) is 2.40. The molecule has 0 bridgehead atoms. The molecule has 0 aromatic heterocycles. The monoisotopic (exact) mass is 548 g/mol. The Morgan fingerprint density at radius 3 is 2.59 bits per heavy atom. The first-order chi connectivity index (χ1) is 13.3. The molecule has 29 heavy (non-hydrogen) atoms. The van der Waals surface area contributed by atoms with Gasteiger partial charge in [-0.3, -0.25) is 4.99 Å². The third-order valence-electron chi connectivity index (χ3n) is 4.74. The van der Waals surface area contributed by atoms with Crippen molar-refractivity contribution in [1.29, 1.82) is 0 Å². The van der Waals surface area contributed by atoms with E-state index < -0.39 is 9.84 Å². The number of sulfone groups is 1. The van der Waals surface area contributed by atoms with Crippen LogP contribution in [0.25, 0.3) is 0 Å². The number of benzene rings is 2. The fraction of sp³-hybridized carbons (Fsp3) is 0.350. The molecule has 0 amide bonds. The maximum atomic E-state index is 11.5. The lowest BCUT2D eigenvalue weighted by Crippen LogP contribution is -2.44. The van der Waals surface area contributed by atoms with Crippen molar-refractivity contribution in [3.63, 3.8) is 0 Å². The second-order valence-corrected chi connectivity index (χ2v) is 9.35. The molecule has 2 aromatic rings. The second kappa shape index (κ2) is 10.5. The van der Waals surface area contributed by atoms with Crippen molar-refractivity contribution in [2.75, 3.05) is 31.3 Å². The lowest BCUT2D eigenvalue weighted by molar-refractivity contribution is 0.602. The van der Waals surface area contributed by atoms with Crippen molar-refractivity contribution in [2.24, 2.45) is 4.99 Å². The van der Waals surface area contributed by atoms with Crippen molar-refractivity contribution in [2.45, 2.75) is 23.9 Å². The zero-order valence-corrected chi connectivity index (χ0v) is 20.3. The summed E-state index contributed by atoms with van der Waals surface area (Å²) in [5.74, 6) is 0.727. The van der Waals surface area contributed by atoms with E-state index in [2.05, 4.69) is 26.6 Å². The zero-order valence-electron chi connectivity index (χ0n) is 16.4. The largest absolute Gasteiger partial charge is 0.369 e. The maximum Gasteiger partial charge on any atom is 0.191 e. The average molecular weight is 549 g/mol. The van der Waals surface area contributed by atoms with E-state index in [1.807, 2.05) is 30.3 Å². The molecule has 0 aliphatic carbocycles. The number of hydrogen-bond acceptors (Lipinski definition) is 4. The van der Waals surface area contributed by atoms with E-state index in [-0.39, 0.29) is 30.0 Å². The number of aliphatic imine (C=N–C) groups is 1. The number of rotatable bonds is 5. The van der Waals surface area contributed by atoms with E-state index in [4.69, 9.17) is 11.6 Å². The molecule has 2 N–H and O–H groups in total. The van der Waals surface area contributed by atoms with Gasteiger partial charge in [0.15, 0.2) is 15.8 Å². The van der Waals surface area contributed by atoms with Gasteiger partial charge < -0.3 is 15.5 Å². The van der Waals surface area contributed by atoms with Crippen LogP contribution in [-0.4, -0.2) is 46.8 Å². The zero-order chi connectivity index (χ0) is 20.1. The van der Waals surface area contributed by atoms with Gasteiger partial charge in [0.1, 0.15) is 0 Å². The van der Waals surface area contributed by atoms with Gasteiger partial charge in [-0.25, -0.2) is 8.42 Å². The predicted molar refractivity (Wildman–Crippen MR) is 130 cm³/mol. The van der Waals surface area contributed by atoms with Crippen molar-refractivity contribution in [1.82, 2.24) is 10.6 Å². The highest BCUT2D eigenvalue weighted by Gasteiger charge is 2.23. The smallest absolute Gasteiger partial charge is 0.191 e. The van der Waals surface area contributed by atoms with Crippen LogP contribution in [0.1, 0.15) is 12.0 Å². The van der Waals surface area contributed by atoms with Gasteiger partial charge in [-0.1, -0.05) is 29.8 Å². The highest BCUT2D eigenvalue weighted by Crippen LogP contribution is 2.23. The number of nitrogens with zero attached hydrogens (tertiary/aromatic N) is 2. The van der Waals surface area contributed by atoms with Gasteiger partial charge >= 0.3 is 0 Å². The third-order valence-corrected chi connectivity index (χ3v) is 6.10. The Bertz CT molecular complexity index is 951. The van der Waals surface area contributed by atoms with Crippen LogP contribution in [0.2, 0.25) is 5.02 Å². The molecule has 3 rings (SSSR count). The van der Waals surface area contributed by atoms with Crippen LogP contribution >= 0.6 is 35.6 Å². The van der Waals surface area contributed by atoms with E-state index in [0.29, 0.717) is 11.4 Å². The first kappa shape index (κ1) is 23.8. The fourth-order valence-electron chi connectivity index (χ4n) is 3.21. The number of halogens is 2. The van der Waals surface area contributed by atoms with Gasteiger partial charge in [0.2, 0.25) is 0 Å². The summed E-state index contributed by atoms with van der Waals surface area (Å²) in [6, 6.07) is 15.1. The second-order valence-electron chi connectivity index (χ2n) is 6.90. The van der Waals surface area contributed by atoms with E-state index in [1.165, 1.54) is 6.26 Å². The van der Waals surface area contributed by atoms with E-state index in [0.717, 1.165) is 41.7 Å². The summed E-state index contributed by atoms with van der Waals surface area (Å²) in [5.41, 5.74) is 2.12. The summed E-state index contributed by atoms with van der Waals surface area (Å²) < 4.78 is 23.1. The Morgan fingerprint density at radius 1 is 1.24 bits per heavy atom. The first-order valence-electron chi connectivity index (χ1n) is 9.12. The maximum absolute atomic E-state index is 11.5. The summed E-state index contributed by atoms with van der Waals surface area (Å²) in [7, 11) is -1.43. The van der Waals surface area contributed by atoms with Crippen LogP contribution in [0.5, 0.6) is 0 Å². The van der Waals surface area contributed by atoms with Crippen LogP contribution in [0.4, 0.5) is 5.69 Å². The Morgan fingerprint density at radius 2 is 1.97 bits per heavy atom. The molecule has 0 spiro atoms. The molecule has 1 aliphatic rings. The van der Waals surface area contributed by atoms with Gasteiger partial charge in [0.05, 0.1) is 4.90 Å². The number of nitrogens with one attached hydrogen (secondary N) is 2. The lowest BCUT2D eigenvalue weighted by atomic mass is 10.2. The summed E-state index contributed by atoms with van der Waals surface area (Å²) >= 11 is 6.10. The molecule has 2 aromatic carbocycles. The number of guanidine groups is 1. The quantitative estimate of drug-likeness (QED) is 0.341. The van der Waals surface area contributed by atoms with Gasteiger partial charge in [0.25, 0.3) is 0 Å². The molecule has 6 nitrogen and oxygen atoms in total. The molecule has 158 valence electrons. The number of anilines is 1. The highest BCUT2D eigenvalue weighted by molar-refractivity contribution is 14.0. The van der Waals surface area contributed by atoms with Gasteiger partial charge in [-0.2, -0.15) is 0 Å². The van der Waals surface area contributed by atoms with Crippen molar-refractivity contribution < 1.29 is 8.42 Å². The van der Waals surface area contributed by atoms with E-state index in [9.17, 15) is 8.42 Å². The third kappa shape index (κ3) is 6.75. The van der Waals surface area contributed by atoms with E-state index in [1.54, 1.807) is 19.2 Å². The van der Waals surface area contributed by atoms with Crippen molar-refractivity contribution >= 4 is 57.1 Å². The Kier molecular flexibility index (Phi) is 8.59. The van der Waals surface area contributed by atoms with Crippen LogP contribution in [-0.2, 0) is 16.4 Å². The molecule has 1 aliphatic heterocycles. The minimum absolute atomic E-state index is 0. The van der Waals surface area contributed by atoms with Crippen LogP contribution < -0.4 is 15.5 Å². The summed E-state index contributed by atoms with van der Waals surface area (Å²) in [5, 5.41) is 7.48. The van der Waals surface area contributed by atoms with Crippen molar-refractivity contribution in [3.05, 3.63) is 59.1 Å². The molecule has 9 heteroatoms. The summed E-state index contributed by atoms with van der Waals surface area (Å²) in [4.78, 5) is 6.93. The topological polar surface area (TPSA) is 73.8 Å². The Labute approximate surface area is 194 Å². The van der Waals surface area contributed by atoms with Gasteiger partial charge in [-0.15, -0.1) is 24.0 Å². The minimum atomic E-state index is -3.17. The molecule has 1 fully saturated rings. The molecule has 1 saturated heterocycles. The van der Waals surface area contributed by atoms with Gasteiger partial charge in [0, 0.05) is 49.7 Å². The molecule has 1 heterocycles. The van der Waals surface area contributed by atoms with Crippen LogP contribution in [0.15, 0.2) is 58.4 Å². The SMILES string of the molecule is CN=C(NCc1ccc(S(C)(=O)=O)cc1)NC1CCN(c2cccc(Cl)c2)C1.I. The normalized spacial score (nSPS) is 17.0. The molecule has 1 unspecified atom stereocenters. The Balaban J connectivity index is 0.00000300. The number of hydrogen-bond donors (Lipinski definition) is 2. The van der Waals surface area contributed by atoms with Crippen LogP contribution in [0, 0.1) is 0 Å².